The monoisotopic (exact) mass is 764 g/mol. The van der Waals surface area contributed by atoms with E-state index in [1.165, 1.54) is 12.1 Å². The molecule has 2 aliphatic heterocycles. The summed E-state index contributed by atoms with van der Waals surface area (Å²) in [6, 6.07) is 14.2. The second-order valence-corrected chi connectivity index (χ2v) is 13.0. The Morgan fingerprint density at radius 2 is 1.18 bits per heavy atom. The minimum absolute atomic E-state index is 0.00466. The van der Waals surface area contributed by atoms with Crippen molar-refractivity contribution in [2.24, 2.45) is 14.1 Å². The van der Waals surface area contributed by atoms with Crippen LogP contribution in [0.4, 0.5) is 34.8 Å². The number of hydrogen-bond donors (Lipinski definition) is 2. The summed E-state index contributed by atoms with van der Waals surface area (Å²) in [7, 11) is 7.49. The summed E-state index contributed by atoms with van der Waals surface area (Å²) in [5.74, 6) is -3.01. The number of aromatic nitrogens is 4. The van der Waals surface area contributed by atoms with Gasteiger partial charge in [-0.05, 0) is 70.5 Å². The first-order chi connectivity index (χ1) is 24.2. The smallest absolute Gasteiger partial charge is 0.256 e. The minimum atomic E-state index is -0.922. The van der Waals surface area contributed by atoms with Gasteiger partial charge in [-0.25, -0.2) is 27.5 Å². The molecule has 0 radical (unpaired) electrons. The number of nitrogens with two attached hydrogens (primary N) is 1. The maximum absolute atomic E-state index is 13.4. The number of nitrogen functional groups attached to an aromatic ring is 1. The first kappa shape index (κ1) is 35.4. The van der Waals surface area contributed by atoms with Crippen LogP contribution in [0, 0.1) is 23.3 Å². The Morgan fingerprint density at radius 1 is 0.667 bits per heavy atom. The number of carbonyl (C=O) groups is 2. The van der Waals surface area contributed by atoms with Gasteiger partial charge in [0.05, 0.1) is 11.1 Å². The average molecular weight is 766 g/mol. The van der Waals surface area contributed by atoms with Crippen LogP contribution in [0.25, 0.3) is 22.1 Å². The number of hydrogen-bond acceptors (Lipinski definition) is 6. The lowest BCUT2D eigenvalue weighted by atomic mass is 10.0. The lowest BCUT2D eigenvalue weighted by Crippen LogP contribution is -2.34. The van der Waals surface area contributed by atoms with Gasteiger partial charge in [-0.3, -0.25) is 9.59 Å². The molecule has 6 aromatic rings. The highest BCUT2D eigenvalue weighted by Crippen LogP contribution is 2.31. The molecular formula is C36H33BrF4N8O2. The van der Waals surface area contributed by atoms with Crippen LogP contribution in [0.15, 0.2) is 65.3 Å². The number of rotatable bonds is 2. The molecule has 8 rings (SSSR count). The number of benzene rings is 2. The molecule has 0 saturated carbocycles. The van der Waals surface area contributed by atoms with E-state index in [-0.39, 0.29) is 17.5 Å². The number of aryl methyl sites for hydroxylation is 2. The van der Waals surface area contributed by atoms with Crippen molar-refractivity contribution in [1.29, 1.82) is 0 Å². The number of carbonyl (C=O) groups excluding carboxylic acids is 2. The van der Waals surface area contributed by atoms with Gasteiger partial charge < -0.3 is 30.0 Å². The largest absolute Gasteiger partial charge is 0.399 e. The van der Waals surface area contributed by atoms with Crippen LogP contribution in [0.2, 0.25) is 0 Å². The van der Waals surface area contributed by atoms with E-state index in [4.69, 9.17) is 5.73 Å². The zero-order valence-corrected chi connectivity index (χ0v) is 29.7. The molecule has 2 amide bonds. The number of nitrogens with zero attached hydrogens (tertiary/aromatic N) is 6. The molecule has 4 aromatic heterocycles. The number of fused-ring (bicyclic) bond motifs is 6. The van der Waals surface area contributed by atoms with Gasteiger partial charge in [-0.15, -0.1) is 0 Å². The Bertz CT molecular complexity index is 2340. The number of anilines is 3. The topological polar surface area (TPSA) is 114 Å². The van der Waals surface area contributed by atoms with Gasteiger partial charge in [0.1, 0.15) is 21.7 Å². The van der Waals surface area contributed by atoms with Gasteiger partial charge in [-0.2, -0.15) is 0 Å². The summed E-state index contributed by atoms with van der Waals surface area (Å²) in [6.45, 7) is 1.45. The summed E-state index contributed by atoms with van der Waals surface area (Å²) < 4.78 is 55.3. The summed E-state index contributed by atoms with van der Waals surface area (Å²) in [5.41, 5.74) is 10.9. The van der Waals surface area contributed by atoms with E-state index >= 15 is 0 Å². The van der Waals surface area contributed by atoms with Crippen LogP contribution in [-0.2, 0) is 26.9 Å². The molecule has 0 fully saturated rings. The first-order valence-electron chi connectivity index (χ1n) is 15.8. The summed E-state index contributed by atoms with van der Waals surface area (Å²) in [4.78, 5) is 37.2. The first-order valence-corrected chi connectivity index (χ1v) is 16.6. The Hall–Kier alpha value is -5.44. The highest BCUT2D eigenvalue weighted by Gasteiger charge is 2.29. The predicted molar refractivity (Wildman–Crippen MR) is 191 cm³/mol. The van der Waals surface area contributed by atoms with Crippen molar-refractivity contribution in [3.63, 3.8) is 0 Å². The number of likely N-dealkylation sites (N-methyl/N-ethyl adjacent to an activating group) is 2. The van der Waals surface area contributed by atoms with E-state index < -0.39 is 23.3 Å². The van der Waals surface area contributed by atoms with E-state index in [0.29, 0.717) is 29.3 Å². The van der Waals surface area contributed by atoms with Crippen LogP contribution in [0.1, 0.15) is 32.1 Å². The fourth-order valence-corrected chi connectivity index (χ4v) is 6.48. The molecule has 10 nitrogen and oxygen atoms in total. The minimum Gasteiger partial charge on any atom is -0.399 e. The fraction of sp³-hybridized carbons (Fsp3) is 0.222. The van der Waals surface area contributed by atoms with Crippen LogP contribution < -0.4 is 11.1 Å². The molecule has 15 heteroatoms. The molecule has 0 spiro atoms. The zero-order chi connectivity index (χ0) is 36.7. The highest BCUT2D eigenvalue weighted by atomic mass is 79.9. The molecule has 0 unspecified atom stereocenters. The molecule has 2 aromatic carbocycles. The second kappa shape index (κ2) is 14.1. The van der Waals surface area contributed by atoms with Gasteiger partial charge in [0.25, 0.3) is 11.8 Å². The molecule has 0 saturated heterocycles. The normalized spacial score (nSPS) is 13.7. The molecule has 6 heterocycles. The standard InChI is InChI=1S/C18H16F2N4O.C12H12BrN3O.C6H5F2N/c1-23-8-7-14-16(18(23)25)11-4-6-15(22-17(11)24(14)2)21-10-3-5-12(19)13(20)9-10;1-15-6-5-8-10(12(15)17)7-3-4-9(13)14-11(7)16(8)2;7-5-2-1-4(9)3-6(5)8/h3-6,9H,7-8H2,1-2H3,(H,21,22);3-4H,5-6H2,1-2H3;1-3H,9H2. The second-order valence-electron chi connectivity index (χ2n) is 12.2. The van der Waals surface area contributed by atoms with Gasteiger partial charge in [-0.1, -0.05) is 0 Å². The molecular weight excluding hydrogens is 732 g/mol. The number of amides is 2. The van der Waals surface area contributed by atoms with Crippen LogP contribution in [-0.4, -0.2) is 67.9 Å². The molecule has 264 valence electrons. The van der Waals surface area contributed by atoms with Crippen LogP contribution in [0.3, 0.4) is 0 Å². The van der Waals surface area contributed by atoms with E-state index in [9.17, 15) is 27.2 Å². The average Bonchev–Trinajstić information content (AvgIpc) is 3.55. The van der Waals surface area contributed by atoms with Crippen molar-refractivity contribution in [2.75, 3.05) is 38.2 Å². The molecule has 0 aliphatic carbocycles. The van der Waals surface area contributed by atoms with Gasteiger partial charge in [0, 0.05) is 93.7 Å². The zero-order valence-electron chi connectivity index (χ0n) is 28.1. The predicted octanol–water partition coefficient (Wildman–Crippen LogP) is 6.73. The van der Waals surface area contributed by atoms with Crippen molar-refractivity contribution in [3.05, 3.63) is 111 Å². The number of pyridine rings is 2. The third-order valence-electron chi connectivity index (χ3n) is 8.90. The van der Waals surface area contributed by atoms with E-state index in [1.807, 2.05) is 48.5 Å². The maximum Gasteiger partial charge on any atom is 0.256 e. The van der Waals surface area contributed by atoms with Gasteiger partial charge in [0.15, 0.2) is 23.3 Å². The summed E-state index contributed by atoms with van der Waals surface area (Å²) >= 11 is 3.37. The summed E-state index contributed by atoms with van der Waals surface area (Å²) in [5, 5.41) is 4.71. The van der Waals surface area contributed by atoms with E-state index in [1.54, 1.807) is 22.9 Å². The highest BCUT2D eigenvalue weighted by molar-refractivity contribution is 9.10. The molecule has 51 heavy (non-hydrogen) atoms. The Morgan fingerprint density at radius 3 is 1.71 bits per heavy atom. The lowest BCUT2D eigenvalue weighted by Gasteiger charge is -2.23. The molecule has 2 aliphatic rings. The Kier molecular flexibility index (Phi) is 9.75. The van der Waals surface area contributed by atoms with Crippen molar-refractivity contribution in [1.82, 2.24) is 28.9 Å². The van der Waals surface area contributed by atoms with E-state index in [0.717, 1.165) is 81.6 Å². The Labute approximate surface area is 298 Å². The van der Waals surface area contributed by atoms with Crippen molar-refractivity contribution >= 4 is 67.0 Å². The fourth-order valence-electron chi connectivity index (χ4n) is 6.18. The Balaban J connectivity index is 0.000000148. The number of nitrogens with one attached hydrogen (secondary N) is 1. The third-order valence-corrected chi connectivity index (χ3v) is 9.34. The molecule has 3 N–H and O–H groups in total. The maximum atomic E-state index is 13.4. The van der Waals surface area contributed by atoms with E-state index in [2.05, 4.69) is 31.2 Å². The van der Waals surface area contributed by atoms with Crippen molar-refractivity contribution in [3.8, 4) is 0 Å². The van der Waals surface area contributed by atoms with Crippen molar-refractivity contribution < 1.29 is 27.2 Å². The van der Waals surface area contributed by atoms with Crippen LogP contribution in [0.5, 0.6) is 0 Å². The molecule has 0 atom stereocenters. The number of halogens is 5. The lowest BCUT2D eigenvalue weighted by molar-refractivity contribution is 0.0774. The van der Waals surface area contributed by atoms with Gasteiger partial charge >= 0.3 is 0 Å². The van der Waals surface area contributed by atoms with Crippen LogP contribution >= 0.6 is 15.9 Å². The SMILES string of the molecule is CN1CCc2c(c3ccc(Br)nc3n2C)C1=O.CN1CCc2c(c3ccc(Nc4ccc(F)c(F)c4)nc3n2C)C1=O.Nc1ccc(F)c(F)c1. The summed E-state index contributed by atoms with van der Waals surface area (Å²) in [6.07, 6.45) is 1.67. The third kappa shape index (κ3) is 6.85. The van der Waals surface area contributed by atoms with Gasteiger partial charge in [0.2, 0.25) is 0 Å². The quantitative estimate of drug-likeness (QED) is 0.115. The molecule has 0 bridgehead atoms. The van der Waals surface area contributed by atoms with Crippen molar-refractivity contribution in [2.45, 2.75) is 12.8 Å².